The van der Waals surface area contributed by atoms with Crippen molar-refractivity contribution in [2.45, 2.75) is 33.4 Å². The zero-order valence-corrected chi connectivity index (χ0v) is 21.3. The molecule has 0 heterocycles. The van der Waals surface area contributed by atoms with Gasteiger partial charge in [-0.15, -0.1) is 0 Å². The lowest BCUT2D eigenvalue weighted by molar-refractivity contribution is -0.142. The van der Waals surface area contributed by atoms with Gasteiger partial charge in [-0.2, -0.15) is 0 Å². The normalized spacial score (nSPS) is 11.9. The molecule has 31 heavy (non-hydrogen) atoms. The summed E-state index contributed by atoms with van der Waals surface area (Å²) in [6, 6.07) is 9.49. The third-order valence-corrected chi connectivity index (χ3v) is 5.96. The van der Waals surface area contributed by atoms with E-state index in [-0.39, 0.29) is 25.0 Å². The first-order valence-electron chi connectivity index (χ1n) is 9.67. The van der Waals surface area contributed by atoms with E-state index in [0.717, 1.165) is 10.0 Å². The molecular formula is C22H24BrCl3N2O3. The van der Waals surface area contributed by atoms with Gasteiger partial charge in [-0.3, -0.25) is 9.59 Å². The SMILES string of the molecule is CC(C)CNC(=O)C(C)N(Cc1ccc(Cl)c(Cl)c1)C(=O)COc1ccc(Br)cc1Cl. The summed E-state index contributed by atoms with van der Waals surface area (Å²) in [7, 11) is 0. The highest BCUT2D eigenvalue weighted by atomic mass is 79.9. The average molecular weight is 551 g/mol. The second-order valence-corrected chi connectivity index (χ2v) is 9.59. The number of rotatable bonds is 9. The predicted molar refractivity (Wildman–Crippen MR) is 129 cm³/mol. The second kappa shape index (κ2) is 12.0. The Balaban J connectivity index is 2.18. The third kappa shape index (κ3) is 7.86. The van der Waals surface area contributed by atoms with Crippen LogP contribution in [0.3, 0.4) is 0 Å². The van der Waals surface area contributed by atoms with E-state index < -0.39 is 6.04 Å². The number of nitrogens with one attached hydrogen (secondary N) is 1. The van der Waals surface area contributed by atoms with Gasteiger partial charge in [-0.05, 0) is 48.7 Å². The summed E-state index contributed by atoms with van der Waals surface area (Å²) in [5.74, 6) is 0.0592. The van der Waals surface area contributed by atoms with E-state index in [1.165, 1.54) is 4.90 Å². The minimum absolute atomic E-state index is 0.170. The lowest BCUT2D eigenvalue weighted by Gasteiger charge is -2.29. The Labute approximate surface area is 206 Å². The summed E-state index contributed by atoms with van der Waals surface area (Å²) in [4.78, 5) is 27.1. The number of ether oxygens (including phenoxy) is 1. The molecule has 1 atom stereocenters. The summed E-state index contributed by atoms with van der Waals surface area (Å²) >= 11 is 21.6. The first kappa shape index (κ1) is 25.8. The fraction of sp³-hybridized carbons (Fsp3) is 0.364. The van der Waals surface area contributed by atoms with E-state index in [1.54, 1.807) is 43.3 Å². The predicted octanol–water partition coefficient (Wildman–Crippen LogP) is 5.98. The molecule has 0 saturated carbocycles. The van der Waals surface area contributed by atoms with Crippen LogP contribution in [0.25, 0.3) is 0 Å². The average Bonchev–Trinajstić information content (AvgIpc) is 2.71. The molecule has 9 heteroatoms. The number of hydrogen-bond acceptors (Lipinski definition) is 3. The summed E-state index contributed by atoms with van der Waals surface area (Å²) in [6.07, 6.45) is 0. The summed E-state index contributed by atoms with van der Waals surface area (Å²) in [5.41, 5.74) is 0.743. The molecule has 0 aliphatic carbocycles. The number of carbonyl (C=O) groups is 2. The van der Waals surface area contributed by atoms with Crippen molar-refractivity contribution in [3.05, 3.63) is 61.5 Å². The first-order valence-corrected chi connectivity index (χ1v) is 11.6. The topological polar surface area (TPSA) is 58.6 Å². The van der Waals surface area contributed by atoms with Gasteiger partial charge in [0.2, 0.25) is 5.91 Å². The second-order valence-electron chi connectivity index (χ2n) is 7.45. The maximum absolute atomic E-state index is 13.0. The van der Waals surface area contributed by atoms with Crippen LogP contribution < -0.4 is 10.1 Å². The highest BCUT2D eigenvalue weighted by Crippen LogP contribution is 2.28. The van der Waals surface area contributed by atoms with Crippen LogP contribution in [-0.2, 0) is 16.1 Å². The van der Waals surface area contributed by atoms with Crippen molar-refractivity contribution in [3.8, 4) is 5.75 Å². The van der Waals surface area contributed by atoms with Gasteiger partial charge in [0.1, 0.15) is 11.8 Å². The largest absolute Gasteiger partial charge is 0.482 e. The highest BCUT2D eigenvalue weighted by molar-refractivity contribution is 9.10. The van der Waals surface area contributed by atoms with Gasteiger partial charge in [-0.25, -0.2) is 0 Å². The van der Waals surface area contributed by atoms with Crippen LogP contribution >= 0.6 is 50.7 Å². The number of amides is 2. The molecule has 0 aliphatic heterocycles. The van der Waals surface area contributed by atoms with Crippen LogP contribution in [0.1, 0.15) is 26.3 Å². The molecule has 0 fully saturated rings. The molecule has 2 aromatic rings. The van der Waals surface area contributed by atoms with Crippen molar-refractivity contribution >= 4 is 62.5 Å². The van der Waals surface area contributed by atoms with Crippen molar-refractivity contribution in [2.75, 3.05) is 13.2 Å². The third-order valence-electron chi connectivity index (χ3n) is 4.43. The number of hydrogen-bond donors (Lipinski definition) is 1. The standard InChI is InChI=1S/C22H24BrCl3N2O3/c1-13(2)10-27-22(30)14(3)28(11-15-4-6-17(24)18(25)8-15)21(29)12-31-20-7-5-16(23)9-19(20)26/h4-9,13-14H,10-12H2,1-3H3,(H,27,30). The van der Waals surface area contributed by atoms with Crippen LogP contribution in [0.4, 0.5) is 0 Å². The number of carbonyl (C=O) groups excluding carboxylic acids is 2. The van der Waals surface area contributed by atoms with E-state index in [4.69, 9.17) is 39.5 Å². The first-order chi connectivity index (χ1) is 14.6. The molecule has 2 aromatic carbocycles. The van der Waals surface area contributed by atoms with Crippen molar-refractivity contribution in [1.82, 2.24) is 10.2 Å². The maximum atomic E-state index is 13.0. The molecule has 5 nitrogen and oxygen atoms in total. The number of nitrogens with zero attached hydrogens (tertiary/aromatic N) is 1. The quantitative estimate of drug-likeness (QED) is 0.418. The van der Waals surface area contributed by atoms with Gasteiger partial charge in [0.05, 0.1) is 15.1 Å². The minimum Gasteiger partial charge on any atom is -0.482 e. The van der Waals surface area contributed by atoms with Gasteiger partial charge in [0.25, 0.3) is 5.91 Å². The van der Waals surface area contributed by atoms with Crippen LogP contribution in [0.2, 0.25) is 15.1 Å². The van der Waals surface area contributed by atoms with E-state index in [0.29, 0.717) is 33.3 Å². The Hall–Kier alpha value is -1.47. The number of benzene rings is 2. The van der Waals surface area contributed by atoms with Gasteiger partial charge < -0.3 is 15.0 Å². The van der Waals surface area contributed by atoms with Crippen LogP contribution in [-0.4, -0.2) is 35.9 Å². The van der Waals surface area contributed by atoms with Crippen molar-refractivity contribution in [1.29, 1.82) is 0 Å². The van der Waals surface area contributed by atoms with E-state index in [2.05, 4.69) is 21.2 Å². The van der Waals surface area contributed by atoms with Crippen molar-refractivity contribution < 1.29 is 14.3 Å². The molecule has 0 aliphatic rings. The Morgan fingerprint density at radius 2 is 1.74 bits per heavy atom. The van der Waals surface area contributed by atoms with Gasteiger partial charge in [0, 0.05) is 17.6 Å². The maximum Gasteiger partial charge on any atom is 0.261 e. The summed E-state index contributed by atoms with van der Waals surface area (Å²) < 4.78 is 6.42. The monoisotopic (exact) mass is 548 g/mol. The molecule has 0 aromatic heterocycles. The van der Waals surface area contributed by atoms with Crippen molar-refractivity contribution in [2.24, 2.45) is 5.92 Å². The van der Waals surface area contributed by atoms with Crippen molar-refractivity contribution in [3.63, 3.8) is 0 Å². The molecule has 0 saturated heterocycles. The van der Waals surface area contributed by atoms with Crippen LogP contribution in [0.5, 0.6) is 5.75 Å². The molecule has 1 N–H and O–H groups in total. The Morgan fingerprint density at radius 3 is 2.35 bits per heavy atom. The zero-order chi connectivity index (χ0) is 23.1. The fourth-order valence-electron chi connectivity index (χ4n) is 2.68. The minimum atomic E-state index is -0.718. The van der Waals surface area contributed by atoms with Crippen LogP contribution in [0.15, 0.2) is 40.9 Å². The molecule has 1 unspecified atom stereocenters. The zero-order valence-electron chi connectivity index (χ0n) is 17.4. The lowest BCUT2D eigenvalue weighted by atomic mass is 10.1. The highest BCUT2D eigenvalue weighted by Gasteiger charge is 2.27. The Kier molecular flexibility index (Phi) is 9.94. The van der Waals surface area contributed by atoms with E-state index >= 15 is 0 Å². The molecular weight excluding hydrogens is 527 g/mol. The molecule has 168 valence electrons. The smallest absolute Gasteiger partial charge is 0.261 e. The molecule has 0 radical (unpaired) electrons. The summed E-state index contributed by atoms with van der Waals surface area (Å²) in [5, 5.41) is 4.03. The number of halogens is 4. The molecule has 0 bridgehead atoms. The van der Waals surface area contributed by atoms with Gasteiger partial charge in [0.15, 0.2) is 6.61 Å². The Morgan fingerprint density at radius 1 is 1.03 bits per heavy atom. The molecule has 0 spiro atoms. The van der Waals surface area contributed by atoms with E-state index in [1.807, 2.05) is 13.8 Å². The van der Waals surface area contributed by atoms with Gasteiger partial charge in [-0.1, -0.05) is 70.6 Å². The fourth-order valence-corrected chi connectivity index (χ4v) is 3.73. The van der Waals surface area contributed by atoms with Gasteiger partial charge >= 0.3 is 0 Å². The van der Waals surface area contributed by atoms with Crippen LogP contribution in [0, 0.1) is 5.92 Å². The lowest BCUT2D eigenvalue weighted by Crippen LogP contribution is -2.49. The molecule has 2 amide bonds. The van der Waals surface area contributed by atoms with E-state index in [9.17, 15) is 9.59 Å². The summed E-state index contributed by atoms with van der Waals surface area (Å²) in [6.45, 7) is 6.09. The molecule has 2 rings (SSSR count). The Bertz CT molecular complexity index is 940.